The van der Waals surface area contributed by atoms with Crippen molar-refractivity contribution in [2.45, 2.75) is 70.9 Å². The number of fused-ring (bicyclic) bond motifs is 1. The van der Waals surface area contributed by atoms with Gasteiger partial charge >= 0.3 is 0 Å². The third-order valence-electron chi connectivity index (χ3n) is 5.07. The molecule has 2 atom stereocenters. The quantitative estimate of drug-likeness (QED) is 0.850. The molecule has 0 aliphatic heterocycles. The van der Waals surface area contributed by atoms with Crippen LogP contribution in [-0.2, 0) is 10.8 Å². The molecule has 0 unspecified atom stereocenters. The molecule has 0 radical (unpaired) electrons. The lowest BCUT2D eigenvalue weighted by atomic mass is 9.79. The smallest absolute Gasteiger partial charge is 0.200 e. The Bertz CT molecular complexity index is 563. The molecule has 1 aliphatic carbocycles. The van der Waals surface area contributed by atoms with E-state index in [1.54, 1.807) is 6.92 Å². The van der Waals surface area contributed by atoms with Crippen molar-refractivity contribution in [2.24, 2.45) is 0 Å². The molecule has 1 N–H and O–H groups in total. The number of aliphatic hydroxyl groups is 1. The molecular weight excluding hydrogens is 284 g/mol. The van der Waals surface area contributed by atoms with Gasteiger partial charge < -0.3 is 13.9 Å². The van der Waals surface area contributed by atoms with E-state index in [1.807, 2.05) is 6.92 Å². The summed E-state index contributed by atoms with van der Waals surface area (Å²) >= 11 is 0. The fourth-order valence-electron chi connectivity index (χ4n) is 2.42. The van der Waals surface area contributed by atoms with E-state index in [4.69, 9.17) is 8.84 Å². The van der Waals surface area contributed by atoms with Gasteiger partial charge in [0.1, 0.15) is 17.6 Å². The SMILES string of the molecule is Cc1occ2c1C[C@@H](O[Si](C)(C)C(C)(C)C)[C@](C)(O)C2=O. The molecule has 21 heavy (non-hydrogen) atoms. The summed E-state index contributed by atoms with van der Waals surface area (Å²) in [6.45, 7) is 14.1. The van der Waals surface area contributed by atoms with E-state index < -0.39 is 20.0 Å². The van der Waals surface area contributed by atoms with Crippen LogP contribution in [0.1, 0.15) is 49.4 Å². The molecular formula is C16H26O4Si. The van der Waals surface area contributed by atoms with Crippen molar-refractivity contribution in [3.8, 4) is 0 Å². The first-order valence-electron chi connectivity index (χ1n) is 7.40. The molecule has 2 rings (SSSR count). The number of hydrogen-bond donors (Lipinski definition) is 1. The number of carbonyl (C=O) groups excluding carboxylic acids is 1. The zero-order valence-corrected chi connectivity index (χ0v) is 15.0. The lowest BCUT2D eigenvalue weighted by molar-refractivity contribution is -0.0367. The highest BCUT2D eigenvalue weighted by atomic mass is 28.4. The first kappa shape index (κ1) is 16.5. The Hall–Kier alpha value is -0.913. The summed E-state index contributed by atoms with van der Waals surface area (Å²) in [5.41, 5.74) is -0.137. The van der Waals surface area contributed by atoms with Crippen molar-refractivity contribution >= 4 is 14.1 Å². The summed E-state index contributed by atoms with van der Waals surface area (Å²) in [6, 6.07) is 0. The van der Waals surface area contributed by atoms with Gasteiger partial charge in [-0.1, -0.05) is 20.8 Å². The minimum absolute atomic E-state index is 0.0256. The highest BCUT2D eigenvalue weighted by molar-refractivity contribution is 6.74. The third kappa shape index (κ3) is 2.62. The van der Waals surface area contributed by atoms with Gasteiger partial charge in [-0.05, 0) is 32.0 Å². The van der Waals surface area contributed by atoms with Gasteiger partial charge in [0.25, 0.3) is 0 Å². The third-order valence-corrected chi connectivity index (χ3v) is 9.55. The molecule has 4 nitrogen and oxygen atoms in total. The zero-order valence-electron chi connectivity index (χ0n) is 14.0. The standard InChI is InChI=1S/C16H26O4Si/c1-10-11-8-13(20-21(6,7)15(2,3)4)16(5,18)14(17)12(11)9-19-10/h9,13,18H,8H2,1-7H3/t13-,16+/m1/s1. The van der Waals surface area contributed by atoms with Crippen LogP contribution in [0.15, 0.2) is 10.7 Å². The largest absolute Gasteiger partial charge is 0.469 e. The molecule has 1 aromatic heterocycles. The number of ketones is 1. The van der Waals surface area contributed by atoms with Crippen LogP contribution in [0, 0.1) is 6.92 Å². The van der Waals surface area contributed by atoms with Crippen molar-refractivity contribution in [2.75, 3.05) is 0 Å². The van der Waals surface area contributed by atoms with Gasteiger partial charge in [0.05, 0.1) is 11.7 Å². The van der Waals surface area contributed by atoms with E-state index in [9.17, 15) is 9.90 Å². The van der Waals surface area contributed by atoms with Crippen molar-refractivity contribution in [3.05, 3.63) is 23.2 Å². The van der Waals surface area contributed by atoms with Gasteiger partial charge in [-0.15, -0.1) is 0 Å². The lowest BCUT2D eigenvalue weighted by Gasteiger charge is -2.44. The average Bonchev–Trinajstić information content (AvgIpc) is 2.66. The van der Waals surface area contributed by atoms with Gasteiger partial charge in [0, 0.05) is 12.0 Å². The monoisotopic (exact) mass is 310 g/mol. The molecule has 5 heteroatoms. The maximum absolute atomic E-state index is 12.5. The predicted molar refractivity (Wildman–Crippen MR) is 84.2 cm³/mol. The van der Waals surface area contributed by atoms with Gasteiger partial charge in [-0.25, -0.2) is 0 Å². The summed E-state index contributed by atoms with van der Waals surface area (Å²) in [6.07, 6.45) is 1.45. The highest BCUT2D eigenvalue weighted by Crippen LogP contribution is 2.41. The van der Waals surface area contributed by atoms with Crippen molar-refractivity contribution in [1.29, 1.82) is 0 Å². The summed E-state index contributed by atoms with van der Waals surface area (Å²) in [5, 5.41) is 10.7. The molecule has 0 spiro atoms. The van der Waals surface area contributed by atoms with E-state index in [2.05, 4.69) is 33.9 Å². The van der Waals surface area contributed by atoms with E-state index in [0.717, 1.165) is 11.3 Å². The van der Waals surface area contributed by atoms with E-state index in [-0.39, 0.29) is 10.8 Å². The van der Waals surface area contributed by atoms with Crippen LogP contribution in [0.3, 0.4) is 0 Å². The normalized spacial score (nSPS) is 26.9. The number of carbonyl (C=O) groups is 1. The van der Waals surface area contributed by atoms with Crippen LogP contribution >= 0.6 is 0 Å². The van der Waals surface area contributed by atoms with Crippen LogP contribution in [0.25, 0.3) is 0 Å². The van der Waals surface area contributed by atoms with Gasteiger partial charge in [0.2, 0.25) is 0 Å². The molecule has 118 valence electrons. The van der Waals surface area contributed by atoms with Crippen molar-refractivity contribution in [3.63, 3.8) is 0 Å². The summed E-state index contributed by atoms with van der Waals surface area (Å²) in [7, 11) is -2.07. The second kappa shape index (κ2) is 4.79. The number of furan rings is 1. The number of rotatable bonds is 2. The fraction of sp³-hybridized carbons (Fsp3) is 0.688. The molecule has 1 aromatic rings. The fourth-order valence-corrected chi connectivity index (χ4v) is 3.79. The molecule has 0 saturated heterocycles. The van der Waals surface area contributed by atoms with Crippen LogP contribution in [0.4, 0.5) is 0 Å². The summed E-state index contributed by atoms with van der Waals surface area (Å²) in [4.78, 5) is 12.5. The Kier molecular flexibility index (Phi) is 3.76. The van der Waals surface area contributed by atoms with Crippen LogP contribution in [0.5, 0.6) is 0 Å². The summed E-state index contributed by atoms with van der Waals surface area (Å²) in [5.74, 6) is 0.432. The highest BCUT2D eigenvalue weighted by Gasteiger charge is 2.50. The number of aryl methyl sites for hydroxylation is 1. The first-order chi connectivity index (χ1) is 9.38. The van der Waals surface area contributed by atoms with Crippen LogP contribution in [-0.4, -0.2) is 30.9 Å². The minimum Gasteiger partial charge on any atom is -0.469 e. The maximum Gasteiger partial charge on any atom is 0.200 e. The number of Topliss-reactive ketones (excluding diaryl/α,β-unsaturated/α-hetero) is 1. The molecule has 1 aliphatic rings. The second-order valence-corrected chi connectivity index (χ2v) is 12.5. The Morgan fingerprint density at radius 3 is 2.52 bits per heavy atom. The molecule has 0 amide bonds. The second-order valence-electron chi connectivity index (χ2n) is 7.73. The van der Waals surface area contributed by atoms with Gasteiger partial charge in [-0.3, -0.25) is 4.79 Å². The Morgan fingerprint density at radius 1 is 1.43 bits per heavy atom. The maximum atomic E-state index is 12.5. The van der Waals surface area contributed by atoms with Crippen LogP contribution in [0.2, 0.25) is 18.1 Å². The molecule has 1 heterocycles. The van der Waals surface area contributed by atoms with Gasteiger partial charge in [-0.2, -0.15) is 0 Å². The first-order valence-corrected chi connectivity index (χ1v) is 10.3. The average molecular weight is 310 g/mol. The summed E-state index contributed by atoms with van der Waals surface area (Å²) < 4.78 is 11.7. The van der Waals surface area contributed by atoms with Crippen LogP contribution < -0.4 is 0 Å². The predicted octanol–water partition coefficient (Wildman–Crippen LogP) is 3.47. The Balaban J connectivity index is 2.38. The van der Waals surface area contributed by atoms with Crippen molar-refractivity contribution in [1.82, 2.24) is 0 Å². The van der Waals surface area contributed by atoms with Gasteiger partial charge in [0.15, 0.2) is 14.1 Å². The Labute approximate surface area is 127 Å². The molecule has 0 aromatic carbocycles. The molecule has 0 fully saturated rings. The Morgan fingerprint density at radius 2 is 2.00 bits per heavy atom. The zero-order chi connectivity index (χ0) is 16.2. The van der Waals surface area contributed by atoms with E-state index >= 15 is 0 Å². The lowest BCUT2D eigenvalue weighted by Crippen LogP contribution is -2.57. The molecule has 0 bridgehead atoms. The number of hydrogen-bond acceptors (Lipinski definition) is 4. The topological polar surface area (TPSA) is 59.7 Å². The minimum atomic E-state index is -2.07. The van der Waals surface area contributed by atoms with E-state index in [0.29, 0.717) is 12.0 Å². The molecule has 0 saturated carbocycles. The van der Waals surface area contributed by atoms with Crippen molar-refractivity contribution < 1.29 is 18.7 Å². The van der Waals surface area contributed by atoms with E-state index in [1.165, 1.54) is 6.26 Å².